The van der Waals surface area contributed by atoms with Crippen molar-refractivity contribution in [2.45, 2.75) is 32.7 Å². The van der Waals surface area contributed by atoms with Gasteiger partial charge in [-0.05, 0) is 42.7 Å². The van der Waals surface area contributed by atoms with Crippen LogP contribution in [0.2, 0.25) is 0 Å². The first-order valence-electron chi connectivity index (χ1n) is 8.86. The molecule has 1 N–H and O–H groups in total. The molecule has 0 bridgehead atoms. The smallest absolute Gasteiger partial charge is 0.328 e. The molecule has 0 radical (unpaired) electrons. The summed E-state index contributed by atoms with van der Waals surface area (Å²) >= 11 is 0. The zero-order valence-corrected chi connectivity index (χ0v) is 15.7. The van der Waals surface area contributed by atoms with Crippen LogP contribution in [-0.4, -0.2) is 25.0 Å². The summed E-state index contributed by atoms with van der Waals surface area (Å²) < 4.78 is 10.4. The molecule has 0 aliphatic rings. The number of esters is 1. The number of fused-ring (bicyclic) bond motifs is 1. The first kappa shape index (κ1) is 18.7. The fraction of sp³-hybridized carbons (Fsp3) is 0.273. The highest BCUT2D eigenvalue weighted by Gasteiger charge is 2.22. The van der Waals surface area contributed by atoms with Crippen LogP contribution in [0.15, 0.2) is 53.1 Å². The second kappa shape index (κ2) is 8.08. The van der Waals surface area contributed by atoms with Crippen molar-refractivity contribution < 1.29 is 18.7 Å². The minimum atomic E-state index is -0.730. The quantitative estimate of drug-likeness (QED) is 0.679. The Labute approximate surface area is 158 Å². The van der Waals surface area contributed by atoms with Crippen molar-refractivity contribution in [1.29, 1.82) is 0 Å². The molecular weight excluding hydrogens is 342 g/mol. The van der Waals surface area contributed by atoms with Crippen molar-refractivity contribution in [2.75, 3.05) is 7.11 Å². The Kier molecular flexibility index (Phi) is 5.60. The van der Waals surface area contributed by atoms with Crippen LogP contribution < -0.4 is 5.32 Å². The van der Waals surface area contributed by atoms with Gasteiger partial charge in [-0.25, -0.2) is 4.79 Å². The van der Waals surface area contributed by atoms with Gasteiger partial charge < -0.3 is 14.5 Å². The Balaban J connectivity index is 1.74. The highest BCUT2D eigenvalue weighted by atomic mass is 16.5. The van der Waals surface area contributed by atoms with Crippen LogP contribution in [0, 0.1) is 13.8 Å². The van der Waals surface area contributed by atoms with Crippen LogP contribution >= 0.6 is 0 Å². The fourth-order valence-corrected chi connectivity index (χ4v) is 3.08. The zero-order valence-electron chi connectivity index (χ0n) is 15.7. The molecule has 0 fully saturated rings. The summed E-state index contributed by atoms with van der Waals surface area (Å²) in [6.07, 6.45) is 2.12. The molecule has 0 aliphatic heterocycles. The number of aryl methyl sites for hydroxylation is 2. The third-order valence-electron chi connectivity index (χ3n) is 4.72. The van der Waals surface area contributed by atoms with Crippen molar-refractivity contribution in [3.8, 4) is 0 Å². The summed E-state index contributed by atoms with van der Waals surface area (Å²) in [5.41, 5.74) is 4.79. The molecule has 3 aromatic rings. The molecule has 1 heterocycles. The van der Waals surface area contributed by atoms with Gasteiger partial charge in [-0.3, -0.25) is 4.79 Å². The van der Waals surface area contributed by atoms with Gasteiger partial charge in [0.25, 0.3) is 0 Å². The first-order chi connectivity index (χ1) is 13.0. The molecule has 0 saturated heterocycles. The van der Waals surface area contributed by atoms with E-state index in [9.17, 15) is 9.59 Å². The normalized spacial score (nSPS) is 12.0. The van der Waals surface area contributed by atoms with Gasteiger partial charge >= 0.3 is 5.97 Å². The second-order valence-electron chi connectivity index (χ2n) is 6.70. The maximum absolute atomic E-state index is 12.6. The number of ether oxygens (including phenoxy) is 1. The standard InChI is InChI=1S/C22H23NO4/c1-14-9-18-17(13-27-20(18)10-15(14)2)12-21(24)23-19(22(25)26-3)11-16-7-5-4-6-8-16/h4-10,13,19H,11-12H2,1-3H3,(H,23,24). The summed E-state index contributed by atoms with van der Waals surface area (Å²) in [7, 11) is 1.32. The van der Waals surface area contributed by atoms with Crippen LogP contribution in [0.5, 0.6) is 0 Å². The molecule has 3 rings (SSSR count). The summed E-state index contributed by atoms with van der Waals surface area (Å²) in [5.74, 6) is -0.710. The lowest BCUT2D eigenvalue weighted by Gasteiger charge is -2.16. The Morgan fingerprint density at radius 1 is 1.11 bits per heavy atom. The summed E-state index contributed by atoms with van der Waals surface area (Å²) in [6.45, 7) is 4.05. The number of methoxy groups -OCH3 is 1. The minimum absolute atomic E-state index is 0.137. The molecule has 5 nitrogen and oxygen atoms in total. The molecule has 1 aromatic heterocycles. The lowest BCUT2D eigenvalue weighted by Crippen LogP contribution is -2.43. The maximum Gasteiger partial charge on any atom is 0.328 e. The van der Waals surface area contributed by atoms with E-state index in [1.54, 1.807) is 6.26 Å². The van der Waals surface area contributed by atoms with Crippen molar-refractivity contribution in [2.24, 2.45) is 0 Å². The third kappa shape index (κ3) is 4.37. The van der Waals surface area contributed by atoms with Gasteiger partial charge in [0.2, 0.25) is 5.91 Å². The number of carbonyl (C=O) groups excluding carboxylic acids is 2. The number of hydrogen-bond donors (Lipinski definition) is 1. The average Bonchev–Trinajstić information content (AvgIpc) is 3.03. The average molecular weight is 365 g/mol. The van der Waals surface area contributed by atoms with Crippen LogP contribution in [0.3, 0.4) is 0 Å². The predicted octanol–water partition coefficient (Wildman–Crippen LogP) is 3.49. The van der Waals surface area contributed by atoms with E-state index < -0.39 is 12.0 Å². The number of rotatable bonds is 6. The Morgan fingerprint density at radius 3 is 2.52 bits per heavy atom. The fourth-order valence-electron chi connectivity index (χ4n) is 3.08. The molecule has 0 spiro atoms. The van der Waals surface area contributed by atoms with Gasteiger partial charge in [-0.1, -0.05) is 30.3 Å². The largest absolute Gasteiger partial charge is 0.467 e. The molecule has 1 amide bonds. The van der Waals surface area contributed by atoms with Crippen molar-refractivity contribution >= 4 is 22.8 Å². The van der Waals surface area contributed by atoms with Crippen molar-refractivity contribution in [1.82, 2.24) is 5.32 Å². The van der Waals surface area contributed by atoms with E-state index in [0.717, 1.165) is 33.2 Å². The molecule has 140 valence electrons. The number of amides is 1. The molecule has 0 aliphatic carbocycles. The highest BCUT2D eigenvalue weighted by Crippen LogP contribution is 2.25. The maximum atomic E-state index is 12.6. The Hall–Kier alpha value is -3.08. The predicted molar refractivity (Wildman–Crippen MR) is 103 cm³/mol. The number of nitrogens with one attached hydrogen (secondary N) is 1. The van der Waals surface area contributed by atoms with Gasteiger partial charge in [0.15, 0.2) is 0 Å². The van der Waals surface area contributed by atoms with E-state index in [1.807, 2.05) is 56.3 Å². The SMILES string of the molecule is COC(=O)C(Cc1ccccc1)NC(=O)Cc1coc2cc(C)c(C)cc12. The summed E-state index contributed by atoms with van der Waals surface area (Å²) in [6, 6.07) is 12.8. The molecule has 5 heteroatoms. The van der Waals surface area contributed by atoms with E-state index in [4.69, 9.17) is 9.15 Å². The minimum Gasteiger partial charge on any atom is -0.467 e. The van der Waals surface area contributed by atoms with E-state index in [1.165, 1.54) is 7.11 Å². The van der Waals surface area contributed by atoms with Gasteiger partial charge in [0.1, 0.15) is 11.6 Å². The van der Waals surface area contributed by atoms with Crippen LogP contribution in [0.25, 0.3) is 11.0 Å². The van der Waals surface area contributed by atoms with Gasteiger partial charge in [-0.2, -0.15) is 0 Å². The van der Waals surface area contributed by atoms with Gasteiger partial charge in [-0.15, -0.1) is 0 Å². The Bertz CT molecular complexity index is 959. The molecule has 27 heavy (non-hydrogen) atoms. The third-order valence-corrected chi connectivity index (χ3v) is 4.72. The van der Waals surface area contributed by atoms with Gasteiger partial charge in [0.05, 0.1) is 19.8 Å². The van der Waals surface area contributed by atoms with Crippen LogP contribution in [0.1, 0.15) is 22.3 Å². The van der Waals surface area contributed by atoms with Gasteiger partial charge in [0, 0.05) is 17.4 Å². The van der Waals surface area contributed by atoms with Crippen LogP contribution in [0.4, 0.5) is 0 Å². The van der Waals surface area contributed by atoms with E-state index >= 15 is 0 Å². The summed E-state index contributed by atoms with van der Waals surface area (Å²) in [5, 5.41) is 3.71. The highest BCUT2D eigenvalue weighted by molar-refractivity contribution is 5.90. The molecule has 1 atom stereocenters. The summed E-state index contributed by atoms with van der Waals surface area (Å²) in [4.78, 5) is 24.7. The number of carbonyl (C=O) groups is 2. The molecule has 1 unspecified atom stereocenters. The number of hydrogen-bond acceptors (Lipinski definition) is 4. The molecular formula is C22H23NO4. The first-order valence-corrected chi connectivity index (χ1v) is 8.86. The van der Waals surface area contributed by atoms with Crippen molar-refractivity contribution in [3.05, 3.63) is 71.0 Å². The molecule has 2 aromatic carbocycles. The van der Waals surface area contributed by atoms with E-state index in [2.05, 4.69) is 5.32 Å². The Morgan fingerprint density at radius 2 is 1.81 bits per heavy atom. The monoisotopic (exact) mass is 365 g/mol. The topological polar surface area (TPSA) is 68.5 Å². The molecule has 0 saturated carbocycles. The zero-order chi connectivity index (χ0) is 19.4. The van der Waals surface area contributed by atoms with E-state index in [0.29, 0.717) is 6.42 Å². The van der Waals surface area contributed by atoms with Crippen molar-refractivity contribution in [3.63, 3.8) is 0 Å². The lowest BCUT2D eigenvalue weighted by atomic mass is 10.0. The second-order valence-corrected chi connectivity index (χ2v) is 6.70. The number of benzene rings is 2. The van der Waals surface area contributed by atoms with Crippen LogP contribution in [-0.2, 0) is 27.2 Å². The lowest BCUT2D eigenvalue weighted by molar-refractivity contribution is -0.145. The van der Waals surface area contributed by atoms with E-state index in [-0.39, 0.29) is 12.3 Å². The number of furan rings is 1.